The zero-order chi connectivity index (χ0) is 49.3. The summed E-state index contributed by atoms with van der Waals surface area (Å²) in [5.74, 6) is -4.97. The van der Waals surface area contributed by atoms with E-state index in [2.05, 4.69) is 40.9 Å². The van der Waals surface area contributed by atoms with E-state index in [4.69, 9.17) is 22.2 Å². The molecule has 6 amide bonds. The van der Waals surface area contributed by atoms with Gasteiger partial charge in [0.25, 0.3) is 0 Å². The second-order valence-electron chi connectivity index (χ2n) is 16.4. The van der Waals surface area contributed by atoms with Crippen molar-refractivity contribution >= 4 is 72.4 Å². The van der Waals surface area contributed by atoms with E-state index in [1.807, 2.05) is 41.3 Å². The smallest absolute Gasteiger partial charge is 0.396 e. The number of hydrogen-bond donors (Lipinski definition) is 8. The fraction of sp³-hybridized carbons (Fsp3) is 0.585. The second kappa shape index (κ2) is 26.3. The van der Waals surface area contributed by atoms with E-state index in [0.717, 1.165) is 36.9 Å². The highest BCUT2D eigenvalue weighted by Crippen LogP contribution is 2.38. The normalized spacial score (nSPS) is 16.3. The fourth-order valence-corrected chi connectivity index (χ4v) is 8.87. The van der Waals surface area contributed by atoms with E-state index in [0.29, 0.717) is 55.5 Å². The van der Waals surface area contributed by atoms with Gasteiger partial charge in [-0.3, -0.25) is 33.3 Å². The number of aliphatic hydroxyl groups excluding tert-OH is 1. The van der Waals surface area contributed by atoms with Crippen LogP contribution >= 0.6 is 30.8 Å². The first-order chi connectivity index (χ1) is 31.8. The van der Waals surface area contributed by atoms with Crippen LogP contribution in [0, 0.1) is 5.92 Å². The molecule has 4 rings (SSSR count). The number of nitrogens with zero attached hydrogens (tertiary/aromatic N) is 6. The molecule has 0 radical (unpaired) electrons. The third-order valence-electron chi connectivity index (χ3n) is 10.7. The summed E-state index contributed by atoms with van der Waals surface area (Å²) in [5, 5.41) is 25.1. The average Bonchev–Trinajstić information content (AvgIpc) is 4.09. The van der Waals surface area contributed by atoms with Crippen molar-refractivity contribution in [3.63, 3.8) is 0 Å². The van der Waals surface area contributed by atoms with Gasteiger partial charge < -0.3 is 60.8 Å². The number of carbonyl (C=O) groups excluding carboxylic acids is 6. The SMILES string of the molecule is CC(=O)N1CCC[C@H]1C(=O)N[C@@H](CC(C)C)C(=O)N[C@@H](Cc1cncn1CCCCCCO/N=C/c1cccn1Cc1ncc(Cl)s1)C(=O)N[C@@H](CO)C(=O)N[C@H](C(N)=O)[C@@H](C)OP(=O)(O)O. The van der Waals surface area contributed by atoms with Gasteiger partial charge >= 0.3 is 7.82 Å². The highest BCUT2D eigenvalue weighted by molar-refractivity contribution is 7.46. The lowest BCUT2D eigenvalue weighted by atomic mass is 10.0. The van der Waals surface area contributed by atoms with Gasteiger partial charge in [-0.15, -0.1) is 11.3 Å². The predicted molar refractivity (Wildman–Crippen MR) is 245 cm³/mol. The molecule has 4 heterocycles. The van der Waals surface area contributed by atoms with Crippen molar-refractivity contribution in [2.24, 2.45) is 16.8 Å². The Labute approximate surface area is 396 Å². The van der Waals surface area contributed by atoms with Crippen LogP contribution in [0.4, 0.5) is 0 Å². The number of aryl methyl sites for hydroxylation is 1. The van der Waals surface area contributed by atoms with E-state index >= 15 is 0 Å². The molecule has 67 heavy (non-hydrogen) atoms. The minimum Gasteiger partial charge on any atom is -0.396 e. The number of thiazole rings is 1. The first-order valence-electron chi connectivity index (χ1n) is 21.8. The maximum Gasteiger partial charge on any atom is 0.469 e. The molecule has 0 saturated carbocycles. The zero-order valence-electron chi connectivity index (χ0n) is 37.8. The predicted octanol–water partition coefficient (Wildman–Crippen LogP) is 0.968. The number of imidazole rings is 1. The molecule has 0 unspecified atom stereocenters. The molecule has 0 spiro atoms. The number of phosphoric acid groups is 1. The van der Waals surface area contributed by atoms with Crippen LogP contribution in [-0.2, 0) is 62.2 Å². The number of halogens is 1. The molecule has 0 aliphatic carbocycles. The first kappa shape index (κ1) is 54.4. The minimum absolute atomic E-state index is 0.104. The molecule has 3 aromatic heterocycles. The van der Waals surface area contributed by atoms with Gasteiger partial charge in [-0.05, 0) is 63.5 Å². The number of phosphoric ester groups is 1. The molecule has 6 atom stereocenters. The topological polar surface area (TPSA) is 324 Å². The van der Waals surface area contributed by atoms with Crippen molar-refractivity contribution in [1.82, 2.24) is 45.3 Å². The summed E-state index contributed by atoms with van der Waals surface area (Å²) >= 11 is 7.41. The van der Waals surface area contributed by atoms with E-state index in [1.165, 1.54) is 29.4 Å². The standard InChI is InChI=1S/C41H61ClN11O12PS/c1-25(2)17-30(48-41(60)33-12-10-15-53(33)27(4)55)38(57)47-31(39(58)49-32(23-54)40(59)50-36(37(43)56)26(3)65-66(61,62)63)18-29-19-44-24-52(29)13-7-5-6-8-16-64-46-20-28-11-9-14-51(28)22-35-45-21-34(42)67-35/h9,11,14,19-21,24-26,30-33,36,54H,5-8,10,12-13,15-18,22-23H2,1-4H3,(H2,43,56)(H,47,57)(H,48,60)(H,49,58)(H,50,59)(H2,61,62,63)/b46-20+/t26-,30+,31+,32+,33+,36+/m1/s1. The summed E-state index contributed by atoms with van der Waals surface area (Å²) < 4.78 is 20.3. The number of nitrogens with one attached hydrogen (secondary N) is 4. The molecule has 3 aromatic rings. The number of rotatable bonds is 28. The van der Waals surface area contributed by atoms with Gasteiger partial charge in [0.2, 0.25) is 35.4 Å². The van der Waals surface area contributed by atoms with Crippen molar-refractivity contribution in [2.75, 3.05) is 19.8 Å². The molecule has 0 bridgehead atoms. The van der Waals surface area contributed by atoms with Gasteiger partial charge in [-0.1, -0.05) is 37.0 Å². The van der Waals surface area contributed by atoms with Gasteiger partial charge in [-0.2, -0.15) is 0 Å². The Balaban J connectivity index is 1.41. The largest absolute Gasteiger partial charge is 0.469 e. The summed E-state index contributed by atoms with van der Waals surface area (Å²) in [7, 11) is -5.13. The molecule has 1 fully saturated rings. The van der Waals surface area contributed by atoms with Crippen LogP contribution in [0.5, 0.6) is 0 Å². The Morgan fingerprint density at radius 1 is 1.00 bits per heavy atom. The monoisotopic (exact) mass is 997 g/mol. The fourth-order valence-electron chi connectivity index (χ4n) is 7.36. The summed E-state index contributed by atoms with van der Waals surface area (Å²) in [5.41, 5.74) is 6.73. The van der Waals surface area contributed by atoms with Crippen LogP contribution in [0.25, 0.3) is 0 Å². The lowest BCUT2D eigenvalue weighted by molar-refractivity contribution is -0.139. The lowest BCUT2D eigenvalue weighted by Crippen LogP contribution is -2.61. The quantitative estimate of drug-likeness (QED) is 0.0218. The molecule has 1 aliphatic rings. The summed E-state index contributed by atoms with van der Waals surface area (Å²) in [4.78, 5) is 113. The summed E-state index contributed by atoms with van der Waals surface area (Å²) in [6.07, 6.45) is 10.7. The summed E-state index contributed by atoms with van der Waals surface area (Å²) in [6, 6.07) is -3.06. The van der Waals surface area contributed by atoms with Crippen molar-refractivity contribution in [1.29, 1.82) is 0 Å². The number of amides is 6. The maximum absolute atomic E-state index is 14.1. The number of primary amides is 1. The Morgan fingerprint density at radius 2 is 1.70 bits per heavy atom. The number of unbranched alkanes of at least 4 members (excludes halogenated alkanes) is 3. The second-order valence-corrected chi connectivity index (χ2v) is 19.4. The maximum atomic E-state index is 14.1. The number of nitrogens with two attached hydrogens (primary N) is 1. The number of aliphatic hydroxyl groups is 1. The van der Waals surface area contributed by atoms with Crippen LogP contribution in [0.15, 0.2) is 42.2 Å². The Hall–Kier alpha value is -5.23. The van der Waals surface area contributed by atoms with E-state index in [9.17, 15) is 48.2 Å². The first-order valence-corrected chi connectivity index (χ1v) is 24.5. The highest BCUT2D eigenvalue weighted by atomic mass is 35.5. The number of oxime groups is 1. The number of carbonyl (C=O) groups is 6. The van der Waals surface area contributed by atoms with Gasteiger partial charge in [0.05, 0.1) is 43.7 Å². The van der Waals surface area contributed by atoms with Gasteiger partial charge in [0.15, 0.2) is 0 Å². The lowest BCUT2D eigenvalue weighted by Gasteiger charge is -2.28. The number of likely N-dealkylation sites (tertiary alicyclic amines) is 1. The van der Waals surface area contributed by atoms with Gasteiger partial charge in [-0.25, -0.2) is 14.5 Å². The van der Waals surface area contributed by atoms with Crippen molar-refractivity contribution in [2.45, 2.75) is 128 Å². The third kappa shape index (κ3) is 17.7. The highest BCUT2D eigenvalue weighted by Gasteiger charge is 2.37. The van der Waals surface area contributed by atoms with Crippen LogP contribution in [0.1, 0.15) is 89.0 Å². The van der Waals surface area contributed by atoms with Gasteiger partial charge in [0.1, 0.15) is 46.2 Å². The Morgan fingerprint density at radius 3 is 2.36 bits per heavy atom. The van der Waals surface area contributed by atoms with Crippen molar-refractivity contribution in [3.05, 3.63) is 57.8 Å². The molecule has 1 saturated heterocycles. The zero-order valence-corrected chi connectivity index (χ0v) is 40.3. The third-order valence-corrected chi connectivity index (χ3v) is 12.4. The molecular weight excluding hydrogens is 937 g/mol. The molecular formula is C41H61ClN11O12PS. The number of aromatic nitrogens is 4. The summed E-state index contributed by atoms with van der Waals surface area (Å²) in [6.45, 7) is 6.94. The van der Waals surface area contributed by atoms with Crippen molar-refractivity contribution in [3.8, 4) is 0 Å². The van der Waals surface area contributed by atoms with Crippen LogP contribution in [0.2, 0.25) is 4.34 Å². The molecule has 23 nitrogen and oxygen atoms in total. The van der Waals surface area contributed by atoms with Crippen LogP contribution in [-0.4, -0.2) is 137 Å². The molecule has 0 aromatic carbocycles. The van der Waals surface area contributed by atoms with E-state index in [1.54, 1.807) is 18.7 Å². The minimum atomic E-state index is -5.13. The van der Waals surface area contributed by atoms with Crippen LogP contribution in [0.3, 0.4) is 0 Å². The Bertz CT molecular complexity index is 2210. The molecule has 370 valence electrons. The van der Waals surface area contributed by atoms with E-state index < -0.39 is 80.3 Å². The average molecular weight is 998 g/mol. The Kier molecular flexibility index (Phi) is 21.4. The van der Waals surface area contributed by atoms with Gasteiger partial charge in [0, 0.05) is 44.5 Å². The van der Waals surface area contributed by atoms with E-state index in [-0.39, 0.29) is 24.7 Å². The van der Waals surface area contributed by atoms with Crippen LogP contribution < -0.4 is 27.0 Å². The van der Waals surface area contributed by atoms with Crippen molar-refractivity contribution < 1.29 is 57.6 Å². The molecule has 9 N–H and O–H groups in total. The number of hydrogen-bond acceptors (Lipinski definition) is 14. The molecule has 1 aliphatic heterocycles. The molecule has 26 heteroatoms.